The molecule has 0 spiro atoms. The molecular formula is C64H88N4O12. The molecule has 2 unspecified atom stereocenters. The Balaban J connectivity index is 1.21. The number of carbonyl (C=O) groups is 8. The van der Waals surface area contributed by atoms with Crippen molar-refractivity contribution in [1.82, 2.24) is 21.3 Å². The van der Waals surface area contributed by atoms with E-state index in [1.54, 1.807) is 13.8 Å². The number of ketones is 2. The number of aliphatic carboxylic acids is 2. The van der Waals surface area contributed by atoms with E-state index < -0.39 is 82.9 Å². The molecule has 4 aliphatic carbocycles. The fourth-order valence-electron chi connectivity index (χ4n) is 11.2. The molecule has 2 saturated carbocycles. The second-order valence-corrected chi connectivity index (χ2v) is 23.7. The van der Waals surface area contributed by atoms with Gasteiger partial charge in [-0.15, -0.1) is 0 Å². The summed E-state index contributed by atoms with van der Waals surface area (Å²) in [5.41, 5.74) is 4.78. The molecule has 4 rings (SSSR count). The maximum atomic E-state index is 13.4. The number of esters is 2. The van der Waals surface area contributed by atoms with Gasteiger partial charge < -0.3 is 41.0 Å². The van der Waals surface area contributed by atoms with Gasteiger partial charge in [0.25, 0.3) is 0 Å². The van der Waals surface area contributed by atoms with Crippen LogP contribution >= 0.6 is 0 Å². The summed E-state index contributed by atoms with van der Waals surface area (Å²) in [6.45, 7) is 19.0. The molecule has 16 nitrogen and oxygen atoms in total. The highest BCUT2D eigenvalue weighted by atomic mass is 16.6. The van der Waals surface area contributed by atoms with Crippen molar-refractivity contribution >= 4 is 47.5 Å². The van der Waals surface area contributed by atoms with Gasteiger partial charge in [-0.25, -0.2) is 9.59 Å². The molecule has 0 aromatic carbocycles. The van der Waals surface area contributed by atoms with Gasteiger partial charge >= 0.3 is 35.9 Å². The van der Waals surface area contributed by atoms with Crippen LogP contribution in [0.3, 0.4) is 0 Å². The minimum atomic E-state index is -0.984. The van der Waals surface area contributed by atoms with Crippen molar-refractivity contribution in [3.63, 3.8) is 0 Å². The normalized spacial score (nSPS) is 21.9. The van der Waals surface area contributed by atoms with E-state index in [0.717, 1.165) is 97.6 Å². The highest BCUT2D eigenvalue weighted by Gasteiger charge is 2.42. The Bertz CT molecular complexity index is 2490. The number of urea groups is 2. The van der Waals surface area contributed by atoms with Gasteiger partial charge in [-0.1, -0.05) is 174 Å². The second-order valence-electron chi connectivity index (χ2n) is 23.7. The Morgan fingerprint density at radius 2 is 0.825 bits per heavy atom. The zero-order chi connectivity index (χ0) is 59.3. The molecule has 2 fully saturated rings. The van der Waals surface area contributed by atoms with Gasteiger partial charge in [-0.3, -0.25) is 28.8 Å². The predicted octanol–water partition coefficient (Wildman–Crippen LogP) is 11.5. The standard InChI is InChI=1S/C64H88N4O12/c1-43(23-19-25-45(3)27-29-49-47(5)57(75)51(35-61(49,7)8)79-55(73)39-65-59(77)67-41-63(37-53(69)70)31-15-11-16-32-63)21-13-14-22-44(2)24-20-26-46(4)28-30-50-48(6)58(76)52(36-62(50,9)10)80-56(74)40-66-60(78)68-42-64(38-54(71)72)33-17-12-18-34-64/h13-14,19-30,51-52H,11-12,15-18,31-42H2,1-10H3,(H,69,70)(H,71,72)(H2,65,67,77)(H2,66,68,78)/b14-13+,23-19+,24-20+,29-27+,30-28+,43-21+,44-22+,45-25+,46-26+. The van der Waals surface area contributed by atoms with Crippen LogP contribution in [0.1, 0.15) is 159 Å². The molecule has 4 aliphatic rings. The molecule has 2 atom stereocenters. The van der Waals surface area contributed by atoms with E-state index in [1.165, 1.54) is 0 Å². The van der Waals surface area contributed by atoms with Crippen molar-refractivity contribution in [3.05, 3.63) is 130 Å². The summed E-state index contributed by atoms with van der Waals surface area (Å²) in [5.74, 6) is -3.83. The van der Waals surface area contributed by atoms with Gasteiger partial charge in [0.15, 0.2) is 23.8 Å². The molecule has 0 heterocycles. The number of hydrogen-bond donors (Lipinski definition) is 6. The molecule has 0 saturated heterocycles. The smallest absolute Gasteiger partial charge is 0.326 e. The summed E-state index contributed by atoms with van der Waals surface area (Å²) in [5, 5.41) is 29.3. The first-order valence-electron chi connectivity index (χ1n) is 28.1. The fraction of sp³-hybridized carbons (Fsp3) is 0.531. The van der Waals surface area contributed by atoms with E-state index in [4.69, 9.17) is 9.47 Å². The second kappa shape index (κ2) is 30.5. The Labute approximate surface area is 473 Å². The van der Waals surface area contributed by atoms with E-state index >= 15 is 0 Å². The summed E-state index contributed by atoms with van der Waals surface area (Å²) in [4.78, 5) is 100. The van der Waals surface area contributed by atoms with E-state index in [-0.39, 0.29) is 50.3 Å². The minimum Gasteiger partial charge on any atom is -0.481 e. The number of carboxylic acids is 2. The maximum Gasteiger partial charge on any atom is 0.326 e. The van der Waals surface area contributed by atoms with E-state index in [1.807, 2.05) is 140 Å². The van der Waals surface area contributed by atoms with E-state index in [0.29, 0.717) is 11.1 Å². The van der Waals surface area contributed by atoms with Crippen LogP contribution in [0.4, 0.5) is 9.59 Å². The lowest BCUT2D eigenvalue weighted by molar-refractivity contribution is -0.155. The third-order valence-electron chi connectivity index (χ3n) is 15.7. The molecule has 0 radical (unpaired) electrons. The summed E-state index contributed by atoms with van der Waals surface area (Å²) < 4.78 is 11.1. The number of amides is 4. The number of Topliss-reactive ketones (excluding diaryl/α,β-unsaturated/α-hetero) is 2. The molecule has 436 valence electrons. The van der Waals surface area contributed by atoms with Crippen molar-refractivity contribution in [2.24, 2.45) is 21.7 Å². The maximum absolute atomic E-state index is 13.4. The number of rotatable bonds is 24. The van der Waals surface area contributed by atoms with Crippen LogP contribution < -0.4 is 21.3 Å². The third-order valence-corrected chi connectivity index (χ3v) is 15.7. The highest BCUT2D eigenvalue weighted by molar-refractivity contribution is 6.02. The van der Waals surface area contributed by atoms with Gasteiger partial charge in [0.1, 0.15) is 13.1 Å². The van der Waals surface area contributed by atoms with Crippen LogP contribution in [0.25, 0.3) is 0 Å². The predicted molar refractivity (Wildman–Crippen MR) is 311 cm³/mol. The number of ether oxygens (including phenoxy) is 2. The number of carboxylic acid groups (broad SMARTS) is 2. The van der Waals surface area contributed by atoms with E-state index in [2.05, 4.69) is 21.3 Å². The van der Waals surface area contributed by atoms with Crippen LogP contribution in [0.2, 0.25) is 0 Å². The van der Waals surface area contributed by atoms with Gasteiger partial charge in [0.2, 0.25) is 0 Å². The van der Waals surface area contributed by atoms with Gasteiger partial charge in [-0.05, 0) is 111 Å². The Morgan fingerprint density at radius 1 is 0.500 bits per heavy atom. The quantitative estimate of drug-likeness (QED) is 0.0391. The van der Waals surface area contributed by atoms with Crippen LogP contribution in [0, 0.1) is 21.7 Å². The average Bonchev–Trinajstić information content (AvgIpc) is 3.41. The first-order chi connectivity index (χ1) is 37.6. The Morgan fingerprint density at radius 3 is 1.16 bits per heavy atom. The van der Waals surface area contributed by atoms with Gasteiger partial charge in [0, 0.05) is 25.9 Å². The molecular weight excluding hydrogens is 1020 g/mol. The average molecular weight is 1110 g/mol. The molecule has 4 amide bonds. The van der Waals surface area contributed by atoms with Crippen molar-refractivity contribution < 1.29 is 58.0 Å². The number of carbonyl (C=O) groups excluding carboxylic acids is 6. The molecule has 16 heteroatoms. The third kappa shape index (κ3) is 21.2. The molecule has 0 aromatic rings. The SMILES string of the molecule is CC1=C(/C=C/C(C)=C/C=C/C(C)=C/C=C/C=C(C)/C=C/C=C(C)/C=C/C2=C(C)C(=O)C(OC(=O)CNC(=O)NCC3(CC(=O)O)CCCCC3)CC2(C)C)C(C)(C)CC(OC(=O)CNC(=O)NCC2(CC(=O)O)CCCCC2)C1=O. The summed E-state index contributed by atoms with van der Waals surface area (Å²) >= 11 is 0. The zero-order valence-electron chi connectivity index (χ0n) is 48.9. The first-order valence-corrected chi connectivity index (χ1v) is 28.1. The zero-order valence-corrected chi connectivity index (χ0v) is 48.9. The fourth-order valence-corrected chi connectivity index (χ4v) is 11.2. The molecule has 80 heavy (non-hydrogen) atoms. The van der Waals surface area contributed by atoms with Gasteiger partial charge in [-0.2, -0.15) is 0 Å². The van der Waals surface area contributed by atoms with Gasteiger partial charge in [0.05, 0.1) is 12.8 Å². The van der Waals surface area contributed by atoms with Crippen LogP contribution in [-0.4, -0.2) is 96.1 Å². The van der Waals surface area contributed by atoms with E-state index in [9.17, 15) is 48.6 Å². The minimum absolute atomic E-state index is 0.0253. The van der Waals surface area contributed by atoms with Crippen molar-refractivity contribution in [3.8, 4) is 0 Å². The lowest BCUT2D eigenvalue weighted by atomic mass is 9.71. The lowest BCUT2D eigenvalue weighted by Crippen LogP contribution is -2.46. The Hall–Kier alpha value is -7.10. The van der Waals surface area contributed by atoms with Crippen LogP contribution in [0.5, 0.6) is 0 Å². The monoisotopic (exact) mass is 1100 g/mol. The Kier molecular flexibility index (Phi) is 24.9. The topological polar surface area (TPSA) is 244 Å². The van der Waals surface area contributed by atoms with Crippen LogP contribution in [0.15, 0.2) is 130 Å². The molecule has 0 aromatic heterocycles. The molecule has 6 N–H and O–H groups in total. The lowest BCUT2D eigenvalue weighted by Gasteiger charge is -2.36. The number of allylic oxidation sites excluding steroid dienone is 20. The number of nitrogens with one attached hydrogen (secondary N) is 4. The van der Waals surface area contributed by atoms with Crippen molar-refractivity contribution in [2.75, 3.05) is 26.2 Å². The summed E-state index contributed by atoms with van der Waals surface area (Å²) in [7, 11) is 0. The van der Waals surface area contributed by atoms with Crippen molar-refractivity contribution in [2.45, 2.75) is 171 Å². The molecule has 0 bridgehead atoms. The summed E-state index contributed by atoms with van der Waals surface area (Å²) in [6, 6.07) is -1.18. The van der Waals surface area contributed by atoms with Crippen molar-refractivity contribution in [1.29, 1.82) is 0 Å². The first kappa shape index (κ1) is 65.4. The number of hydrogen-bond acceptors (Lipinski definition) is 10. The highest BCUT2D eigenvalue weighted by Crippen LogP contribution is 2.43. The summed E-state index contributed by atoms with van der Waals surface area (Å²) in [6.07, 6.45) is 34.8. The molecule has 0 aliphatic heterocycles. The largest absolute Gasteiger partial charge is 0.481 e. The van der Waals surface area contributed by atoms with Crippen LogP contribution in [-0.2, 0) is 38.2 Å².